The van der Waals surface area contributed by atoms with Gasteiger partial charge in [0.15, 0.2) is 0 Å². The van der Waals surface area contributed by atoms with E-state index >= 15 is 0 Å². The highest BCUT2D eigenvalue weighted by Crippen LogP contribution is 2.38. The Morgan fingerprint density at radius 2 is 1.95 bits per heavy atom. The maximum Gasteiger partial charge on any atom is 0.0242 e. The average molecular weight is 339 g/mol. The van der Waals surface area contributed by atoms with Gasteiger partial charge in [0, 0.05) is 17.6 Å². The second kappa shape index (κ2) is 7.06. The molecule has 3 heteroatoms. The molecule has 1 fully saturated rings. The summed E-state index contributed by atoms with van der Waals surface area (Å²) in [6, 6.07) is 8.48. The van der Waals surface area contributed by atoms with E-state index in [4.69, 9.17) is 5.73 Å². The Kier molecular flexibility index (Phi) is 5.65. The lowest BCUT2D eigenvalue weighted by Gasteiger charge is -2.41. The molecule has 0 atom stereocenters. The Hall–Kier alpha value is -0.380. The van der Waals surface area contributed by atoms with E-state index in [-0.39, 0.29) is 0 Å². The zero-order valence-corrected chi connectivity index (χ0v) is 14.3. The predicted octanol–water partition coefficient (Wildman–Crippen LogP) is 4.04. The van der Waals surface area contributed by atoms with Crippen LogP contribution in [0.1, 0.15) is 38.2 Å². The van der Waals surface area contributed by atoms with Gasteiger partial charge in [-0.15, -0.1) is 0 Å². The Morgan fingerprint density at radius 3 is 2.55 bits per heavy atom. The third kappa shape index (κ3) is 4.06. The van der Waals surface area contributed by atoms with Gasteiger partial charge in [-0.05, 0) is 49.4 Å². The maximum absolute atomic E-state index is 6.12. The highest BCUT2D eigenvalue weighted by atomic mass is 79.9. The molecule has 1 aliphatic carbocycles. The molecule has 0 bridgehead atoms. The highest BCUT2D eigenvalue weighted by Gasteiger charge is 2.33. The summed E-state index contributed by atoms with van der Waals surface area (Å²) in [5.41, 5.74) is 7.81. The van der Waals surface area contributed by atoms with Crippen molar-refractivity contribution in [3.05, 3.63) is 34.3 Å². The molecule has 1 aromatic rings. The van der Waals surface area contributed by atoms with E-state index in [9.17, 15) is 0 Å². The zero-order chi connectivity index (χ0) is 14.6. The summed E-state index contributed by atoms with van der Waals surface area (Å²) in [5, 5.41) is 0. The first-order valence-corrected chi connectivity index (χ1v) is 8.46. The van der Waals surface area contributed by atoms with Crippen LogP contribution in [-0.4, -0.2) is 25.0 Å². The van der Waals surface area contributed by atoms with Crippen molar-refractivity contribution >= 4 is 15.9 Å². The van der Waals surface area contributed by atoms with E-state index in [2.05, 4.69) is 59.1 Å². The fourth-order valence-corrected chi connectivity index (χ4v) is 3.76. The molecule has 2 nitrogen and oxygen atoms in total. The van der Waals surface area contributed by atoms with Crippen molar-refractivity contribution in [2.75, 3.05) is 20.1 Å². The highest BCUT2D eigenvalue weighted by molar-refractivity contribution is 9.10. The Bertz CT molecular complexity index is 425. The summed E-state index contributed by atoms with van der Waals surface area (Å²) in [5.74, 6) is 0.878. The SMILES string of the molecule is CC1CCC(CN)(CN(C)Cc2ccccc2Br)CC1. The van der Waals surface area contributed by atoms with Gasteiger partial charge in [-0.25, -0.2) is 0 Å². The van der Waals surface area contributed by atoms with Gasteiger partial charge in [-0.2, -0.15) is 0 Å². The minimum absolute atomic E-state index is 0.336. The molecule has 0 spiro atoms. The number of rotatable bonds is 5. The lowest BCUT2D eigenvalue weighted by atomic mass is 9.70. The molecule has 20 heavy (non-hydrogen) atoms. The van der Waals surface area contributed by atoms with E-state index in [1.54, 1.807) is 0 Å². The molecule has 2 N–H and O–H groups in total. The fraction of sp³-hybridized carbons (Fsp3) is 0.647. The molecule has 0 unspecified atom stereocenters. The number of benzene rings is 1. The number of hydrogen-bond donors (Lipinski definition) is 1. The van der Waals surface area contributed by atoms with Crippen molar-refractivity contribution in [2.24, 2.45) is 17.1 Å². The van der Waals surface area contributed by atoms with Crippen molar-refractivity contribution in [1.29, 1.82) is 0 Å². The monoisotopic (exact) mass is 338 g/mol. The summed E-state index contributed by atoms with van der Waals surface area (Å²) < 4.78 is 1.20. The average Bonchev–Trinajstić information content (AvgIpc) is 2.44. The topological polar surface area (TPSA) is 29.3 Å². The molecular formula is C17H27BrN2. The summed E-state index contributed by atoms with van der Waals surface area (Å²) in [6.45, 7) is 5.28. The minimum atomic E-state index is 0.336. The zero-order valence-electron chi connectivity index (χ0n) is 12.7. The maximum atomic E-state index is 6.12. The first-order chi connectivity index (χ1) is 9.54. The fourth-order valence-electron chi connectivity index (χ4n) is 3.35. The van der Waals surface area contributed by atoms with Gasteiger partial charge in [0.25, 0.3) is 0 Å². The van der Waals surface area contributed by atoms with Crippen LogP contribution in [0, 0.1) is 11.3 Å². The smallest absolute Gasteiger partial charge is 0.0242 e. The van der Waals surface area contributed by atoms with Crippen LogP contribution in [0.2, 0.25) is 0 Å². The van der Waals surface area contributed by atoms with E-state index < -0.39 is 0 Å². The van der Waals surface area contributed by atoms with Crippen LogP contribution in [0.5, 0.6) is 0 Å². The van der Waals surface area contributed by atoms with Gasteiger partial charge in [-0.3, -0.25) is 0 Å². The van der Waals surface area contributed by atoms with Gasteiger partial charge < -0.3 is 10.6 Å². The summed E-state index contributed by atoms with van der Waals surface area (Å²) in [6.07, 6.45) is 5.23. The van der Waals surface area contributed by atoms with Crippen LogP contribution >= 0.6 is 15.9 Å². The molecule has 2 rings (SSSR count). The van der Waals surface area contributed by atoms with Gasteiger partial charge in [0.2, 0.25) is 0 Å². The summed E-state index contributed by atoms with van der Waals surface area (Å²) in [4.78, 5) is 2.43. The minimum Gasteiger partial charge on any atom is -0.330 e. The first-order valence-electron chi connectivity index (χ1n) is 7.67. The largest absolute Gasteiger partial charge is 0.330 e. The van der Waals surface area contributed by atoms with Crippen molar-refractivity contribution in [2.45, 2.75) is 39.2 Å². The van der Waals surface area contributed by atoms with Crippen LogP contribution < -0.4 is 5.73 Å². The lowest BCUT2D eigenvalue weighted by molar-refractivity contribution is 0.105. The van der Waals surface area contributed by atoms with Crippen molar-refractivity contribution in [1.82, 2.24) is 4.90 Å². The molecule has 0 aliphatic heterocycles. The Labute approximate surface area is 131 Å². The predicted molar refractivity (Wildman–Crippen MR) is 89.6 cm³/mol. The number of nitrogens with zero attached hydrogens (tertiary/aromatic N) is 1. The molecule has 1 saturated carbocycles. The lowest BCUT2D eigenvalue weighted by Crippen LogP contribution is -2.43. The number of hydrogen-bond acceptors (Lipinski definition) is 2. The van der Waals surface area contributed by atoms with Crippen molar-refractivity contribution in [3.8, 4) is 0 Å². The van der Waals surface area contributed by atoms with Crippen LogP contribution in [0.4, 0.5) is 0 Å². The quantitative estimate of drug-likeness (QED) is 0.877. The molecule has 1 aromatic carbocycles. The van der Waals surface area contributed by atoms with Crippen molar-refractivity contribution < 1.29 is 0 Å². The van der Waals surface area contributed by atoms with Crippen LogP contribution in [0.25, 0.3) is 0 Å². The van der Waals surface area contributed by atoms with E-state index in [1.165, 1.54) is 35.7 Å². The number of nitrogens with two attached hydrogens (primary N) is 1. The molecule has 0 amide bonds. The molecule has 1 aliphatic rings. The summed E-state index contributed by atoms with van der Waals surface area (Å²) in [7, 11) is 2.22. The van der Waals surface area contributed by atoms with Gasteiger partial charge >= 0.3 is 0 Å². The Balaban J connectivity index is 1.96. The molecule has 0 radical (unpaired) electrons. The van der Waals surface area contributed by atoms with Gasteiger partial charge in [0.1, 0.15) is 0 Å². The molecular weight excluding hydrogens is 312 g/mol. The standard InChI is InChI=1S/C17H27BrN2/c1-14-7-9-17(12-19,10-8-14)13-20(2)11-15-5-3-4-6-16(15)18/h3-6,14H,7-13,19H2,1-2H3. The Morgan fingerprint density at radius 1 is 1.30 bits per heavy atom. The third-order valence-electron chi connectivity index (χ3n) is 4.77. The summed E-state index contributed by atoms with van der Waals surface area (Å²) >= 11 is 3.64. The van der Waals surface area contributed by atoms with E-state index in [0.29, 0.717) is 5.41 Å². The first kappa shape index (κ1) is 16.0. The second-order valence-corrected chi connectivity index (χ2v) is 7.50. The molecule has 0 aromatic heterocycles. The molecule has 112 valence electrons. The van der Waals surface area contributed by atoms with Crippen LogP contribution in [0.15, 0.2) is 28.7 Å². The molecule has 0 saturated heterocycles. The van der Waals surface area contributed by atoms with Gasteiger partial charge in [-0.1, -0.05) is 53.9 Å². The van der Waals surface area contributed by atoms with Crippen LogP contribution in [-0.2, 0) is 6.54 Å². The van der Waals surface area contributed by atoms with E-state index in [0.717, 1.165) is 25.6 Å². The molecule has 0 heterocycles. The van der Waals surface area contributed by atoms with Crippen molar-refractivity contribution in [3.63, 3.8) is 0 Å². The van der Waals surface area contributed by atoms with Gasteiger partial charge in [0.05, 0.1) is 0 Å². The van der Waals surface area contributed by atoms with E-state index in [1.807, 2.05) is 0 Å². The van der Waals surface area contributed by atoms with Crippen LogP contribution in [0.3, 0.4) is 0 Å². The number of halogens is 1. The normalized spacial score (nSPS) is 26.9. The second-order valence-electron chi connectivity index (χ2n) is 6.65. The third-order valence-corrected chi connectivity index (χ3v) is 5.54.